The molecular formula is C15H20N4O. The van der Waals surface area contributed by atoms with Gasteiger partial charge in [-0.25, -0.2) is 0 Å². The third-order valence-corrected chi connectivity index (χ3v) is 4.37. The Hall–Kier alpha value is -1.75. The topological polar surface area (TPSA) is 77.8 Å². The van der Waals surface area contributed by atoms with Crippen LogP contribution in [-0.2, 0) is 5.54 Å². The summed E-state index contributed by atoms with van der Waals surface area (Å²) >= 11 is 0. The highest BCUT2D eigenvalue weighted by atomic mass is 16.5. The first-order valence-electron chi connectivity index (χ1n) is 7.25. The normalized spacial score (nSPS) is 26.6. The molecule has 5 nitrogen and oxygen atoms in total. The molecule has 0 atom stereocenters. The molecule has 0 bridgehead atoms. The molecule has 2 aromatic heterocycles. The Balaban J connectivity index is 1.80. The number of nitrogens with two attached hydrogens (primary N) is 1. The molecule has 2 heterocycles. The zero-order chi connectivity index (χ0) is 14.0. The maximum absolute atomic E-state index is 6.48. The number of pyridine rings is 1. The predicted molar refractivity (Wildman–Crippen MR) is 75.6 cm³/mol. The minimum absolute atomic E-state index is 0.454. The molecule has 1 aliphatic rings. The Morgan fingerprint density at radius 2 is 2.00 bits per heavy atom. The molecular weight excluding hydrogens is 252 g/mol. The van der Waals surface area contributed by atoms with E-state index in [1.54, 1.807) is 12.4 Å². The van der Waals surface area contributed by atoms with Crippen LogP contribution in [0.25, 0.3) is 11.4 Å². The van der Waals surface area contributed by atoms with Crippen molar-refractivity contribution in [3.8, 4) is 11.4 Å². The van der Waals surface area contributed by atoms with Crippen molar-refractivity contribution in [3.05, 3.63) is 30.4 Å². The van der Waals surface area contributed by atoms with Crippen LogP contribution in [0.4, 0.5) is 0 Å². The third-order valence-electron chi connectivity index (χ3n) is 4.37. The molecule has 0 radical (unpaired) electrons. The van der Waals surface area contributed by atoms with Gasteiger partial charge in [-0.3, -0.25) is 4.98 Å². The van der Waals surface area contributed by atoms with E-state index >= 15 is 0 Å². The van der Waals surface area contributed by atoms with Gasteiger partial charge >= 0.3 is 0 Å². The van der Waals surface area contributed by atoms with Crippen molar-refractivity contribution >= 4 is 0 Å². The van der Waals surface area contributed by atoms with E-state index in [1.165, 1.54) is 6.42 Å². The fourth-order valence-corrected chi connectivity index (χ4v) is 2.86. The third kappa shape index (κ3) is 2.45. The maximum Gasteiger partial charge on any atom is 0.247 e. The lowest BCUT2D eigenvalue weighted by molar-refractivity contribution is 0.181. The molecule has 1 saturated carbocycles. The summed E-state index contributed by atoms with van der Waals surface area (Å²) < 4.78 is 5.42. The Bertz CT molecular complexity index is 558. The van der Waals surface area contributed by atoms with Gasteiger partial charge in [0.1, 0.15) is 0 Å². The van der Waals surface area contributed by atoms with Crippen LogP contribution in [0, 0.1) is 5.92 Å². The summed E-state index contributed by atoms with van der Waals surface area (Å²) in [6, 6.07) is 3.73. The van der Waals surface area contributed by atoms with Gasteiger partial charge in [-0.05, 0) is 43.7 Å². The number of hydrogen-bond donors (Lipinski definition) is 1. The molecule has 0 aromatic carbocycles. The highest BCUT2D eigenvalue weighted by Gasteiger charge is 2.37. The molecule has 0 aliphatic heterocycles. The lowest BCUT2D eigenvalue weighted by Gasteiger charge is -2.33. The van der Waals surface area contributed by atoms with Gasteiger partial charge in [0, 0.05) is 18.0 Å². The Kier molecular flexibility index (Phi) is 3.53. The smallest absolute Gasteiger partial charge is 0.247 e. The molecule has 1 fully saturated rings. The van der Waals surface area contributed by atoms with Crippen molar-refractivity contribution in [1.29, 1.82) is 0 Å². The van der Waals surface area contributed by atoms with E-state index in [4.69, 9.17) is 10.3 Å². The van der Waals surface area contributed by atoms with E-state index in [-0.39, 0.29) is 0 Å². The second-order valence-electron chi connectivity index (χ2n) is 5.67. The molecule has 2 N–H and O–H groups in total. The van der Waals surface area contributed by atoms with Gasteiger partial charge in [0.15, 0.2) is 0 Å². The standard InChI is InChI=1S/C15H20N4O/c1-2-11-3-7-15(16,8-4-11)14-18-13(19-20-14)12-5-9-17-10-6-12/h5-6,9-11H,2-4,7-8,16H2,1H3. The zero-order valence-electron chi connectivity index (χ0n) is 11.7. The van der Waals surface area contributed by atoms with Crippen molar-refractivity contribution in [2.24, 2.45) is 11.7 Å². The van der Waals surface area contributed by atoms with E-state index in [0.29, 0.717) is 11.7 Å². The fraction of sp³-hybridized carbons (Fsp3) is 0.533. The molecule has 0 amide bonds. The van der Waals surface area contributed by atoms with Crippen LogP contribution in [0.15, 0.2) is 29.0 Å². The predicted octanol–water partition coefficient (Wildman–Crippen LogP) is 2.89. The van der Waals surface area contributed by atoms with Crippen molar-refractivity contribution in [3.63, 3.8) is 0 Å². The van der Waals surface area contributed by atoms with Gasteiger partial charge in [0.05, 0.1) is 5.54 Å². The Morgan fingerprint density at radius 3 is 2.65 bits per heavy atom. The van der Waals surface area contributed by atoms with E-state index < -0.39 is 5.54 Å². The maximum atomic E-state index is 6.48. The summed E-state index contributed by atoms with van der Waals surface area (Å²) in [5, 5.41) is 4.05. The van der Waals surface area contributed by atoms with Gasteiger partial charge in [-0.15, -0.1) is 0 Å². The molecule has 5 heteroatoms. The Morgan fingerprint density at radius 1 is 1.30 bits per heavy atom. The van der Waals surface area contributed by atoms with E-state index in [9.17, 15) is 0 Å². The zero-order valence-corrected chi connectivity index (χ0v) is 11.7. The van der Waals surface area contributed by atoms with Crippen molar-refractivity contribution in [1.82, 2.24) is 15.1 Å². The second kappa shape index (κ2) is 5.32. The van der Waals surface area contributed by atoms with E-state index in [0.717, 1.165) is 37.2 Å². The first kappa shape index (κ1) is 13.2. The average Bonchev–Trinajstić information content (AvgIpc) is 3.00. The minimum Gasteiger partial charge on any atom is -0.337 e. The van der Waals surface area contributed by atoms with Gasteiger partial charge in [-0.2, -0.15) is 4.98 Å². The van der Waals surface area contributed by atoms with E-state index in [1.807, 2.05) is 12.1 Å². The molecule has 0 spiro atoms. The first-order valence-corrected chi connectivity index (χ1v) is 7.25. The molecule has 2 aromatic rings. The molecule has 1 aliphatic carbocycles. The summed E-state index contributed by atoms with van der Waals surface area (Å²) in [4.78, 5) is 8.48. The lowest BCUT2D eigenvalue weighted by atomic mass is 9.76. The first-order chi connectivity index (χ1) is 9.71. The number of nitrogens with zero attached hydrogens (tertiary/aromatic N) is 3. The van der Waals surface area contributed by atoms with Crippen molar-refractivity contribution in [2.45, 2.75) is 44.6 Å². The van der Waals surface area contributed by atoms with Crippen LogP contribution in [-0.4, -0.2) is 15.1 Å². The van der Waals surface area contributed by atoms with Crippen LogP contribution >= 0.6 is 0 Å². The molecule has 0 unspecified atom stereocenters. The highest BCUT2D eigenvalue weighted by molar-refractivity contribution is 5.52. The second-order valence-corrected chi connectivity index (χ2v) is 5.67. The number of rotatable bonds is 3. The lowest BCUT2D eigenvalue weighted by Crippen LogP contribution is -2.40. The van der Waals surface area contributed by atoms with Crippen LogP contribution in [0.3, 0.4) is 0 Å². The largest absolute Gasteiger partial charge is 0.337 e. The summed E-state index contributed by atoms with van der Waals surface area (Å²) in [6.07, 6.45) is 8.78. The van der Waals surface area contributed by atoms with Crippen LogP contribution < -0.4 is 5.73 Å². The molecule has 0 saturated heterocycles. The highest BCUT2D eigenvalue weighted by Crippen LogP contribution is 2.38. The van der Waals surface area contributed by atoms with Crippen LogP contribution in [0.5, 0.6) is 0 Å². The van der Waals surface area contributed by atoms with E-state index in [2.05, 4.69) is 22.0 Å². The van der Waals surface area contributed by atoms with Crippen LogP contribution in [0.2, 0.25) is 0 Å². The SMILES string of the molecule is CCC1CCC(N)(c2nc(-c3ccncc3)no2)CC1. The number of aromatic nitrogens is 3. The van der Waals surface area contributed by atoms with Gasteiger partial charge in [0.2, 0.25) is 11.7 Å². The van der Waals surface area contributed by atoms with Crippen LogP contribution in [0.1, 0.15) is 44.9 Å². The summed E-state index contributed by atoms with van der Waals surface area (Å²) in [7, 11) is 0. The number of hydrogen-bond acceptors (Lipinski definition) is 5. The summed E-state index contributed by atoms with van der Waals surface area (Å²) in [5.74, 6) is 1.94. The Labute approximate surface area is 118 Å². The summed E-state index contributed by atoms with van der Waals surface area (Å²) in [5.41, 5.74) is 6.93. The van der Waals surface area contributed by atoms with Gasteiger partial charge in [0.25, 0.3) is 0 Å². The van der Waals surface area contributed by atoms with Crippen molar-refractivity contribution in [2.75, 3.05) is 0 Å². The quantitative estimate of drug-likeness (QED) is 0.929. The molecule has 106 valence electrons. The van der Waals surface area contributed by atoms with Gasteiger partial charge in [-0.1, -0.05) is 18.5 Å². The molecule has 3 rings (SSSR count). The fourth-order valence-electron chi connectivity index (χ4n) is 2.86. The monoisotopic (exact) mass is 272 g/mol. The van der Waals surface area contributed by atoms with Crippen molar-refractivity contribution < 1.29 is 4.52 Å². The summed E-state index contributed by atoms with van der Waals surface area (Å²) in [6.45, 7) is 2.24. The molecule has 20 heavy (non-hydrogen) atoms. The minimum atomic E-state index is -0.454. The van der Waals surface area contributed by atoms with Gasteiger partial charge < -0.3 is 10.3 Å². The average molecular weight is 272 g/mol.